The fourth-order valence-corrected chi connectivity index (χ4v) is 5.69. The highest BCUT2D eigenvalue weighted by Gasteiger charge is 2.48. The molecule has 0 unspecified atom stereocenters. The SMILES string of the molecule is FC(F)(F)Cc1cc2c(N3CCC4(CN(Cc5cncc(Cl)n5)C4)C3)ncnc2s1. The molecule has 0 bridgehead atoms. The van der Waals surface area contributed by atoms with Crippen LogP contribution in [0.5, 0.6) is 0 Å². The van der Waals surface area contributed by atoms with E-state index in [1.807, 2.05) is 0 Å². The molecule has 2 aliphatic heterocycles. The molecule has 3 aromatic rings. The Balaban J connectivity index is 1.28. The number of thiophene rings is 1. The minimum absolute atomic E-state index is 0.175. The molecular weight excluding hydrogens is 437 g/mol. The summed E-state index contributed by atoms with van der Waals surface area (Å²) >= 11 is 7.00. The van der Waals surface area contributed by atoms with E-state index in [2.05, 4.69) is 29.7 Å². The van der Waals surface area contributed by atoms with Crippen molar-refractivity contribution in [3.63, 3.8) is 0 Å². The minimum atomic E-state index is -4.23. The lowest BCUT2D eigenvalue weighted by atomic mass is 9.79. The van der Waals surface area contributed by atoms with Crippen molar-refractivity contribution in [1.29, 1.82) is 0 Å². The van der Waals surface area contributed by atoms with E-state index in [4.69, 9.17) is 11.6 Å². The molecule has 0 N–H and O–H groups in total. The number of alkyl halides is 3. The number of anilines is 1. The van der Waals surface area contributed by atoms with E-state index >= 15 is 0 Å². The number of fused-ring (bicyclic) bond motifs is 1. The molecule has 30 heavy (non-hydrogen) atoms. The highest BCUT2D eigenvalue weighted by Crippen LogP contribution is 2.43. The van der Waals surface area contributed by atoms with Crippen LogP contribution in [0.15, 0.2) is 24.8 Å². The second-order valence-corrected chi connectivity index (χ2v) is 9.57. The summed E-state index contributed by atoms with van der Waals surface area (Å²) in [5, 5.41) is 1.10. The zero-order valence-electron chi connectivity index (χ0n) is 15.9. The van der Waals surface area contributed by atoms with Gasteiger partial charge in [-0.25, -0.2) is 15.0 Å². The predicted octanol–water partition coefficient (Wildman–Crippen LogP) is 3.95. The average molecular weight is 455 g/mol. The highest BCUT2D eigenvalue weighted by atomic mass is 35.5. The first-order valence-corrected chi connectivity index (χ1v) is 10.7. The first-order valence-electron chi connectivity index (χ1n) is 9.53. The van der Waals surface area contributed by atoms with Crippen LogP contribution in [-0.2, 0) is 13.0 Å². The summed E-state index contributed by atoms with van der Waals surface area (Å²) in [4.78, 5) is 22.3. The van der Waals surface area contributed by atoms with E-state index < -0.39 is 12.6 Å². The van der Waals surface area contributed by atoms with Gasteiger partial charge in [-0.2, -0.15) is 13.2 Å². The lowest BCUT2D eigenvalue weighted by molar-refractivity contribution is -0.126. The Morgan fingerprint density at radius 3 is 2.77 bits per heavy atom. The van der Waals surface area contributed by atoms with Gasteiger partial charge in [0.25, 0.3) is 0 Å². The minimum Gasteiger partial charge on any atom is -0.355 e. The van der Waals surface area contributed by atoms with E-state index in [-0.39, 0.29) is 10.3 Å². The standard InChI is InChI=1S/C19H18ClF3N6S/c20-15-6-24-5-12(27-15)7-28-8-18(9-28)1-2-29(10-18)16-14-3-13(4-19(21,22)23)30-17(14)26-11-25-16/h3,5-6,11H,1-2,4,7-10H2. The summed E-state index contributed by atoms with van der Waals surface area (Å²) in [7, 11) is 0. The molecule has 2 fully saturated rings. The maximum atomic E-state index is 12.8. The van der Waals surface area contributed by atoms with Crippen LogP contribution in [0.3, 0.4) is 0 Å². The van der Waals surface area contributed by atoms with Gasteiger partial charge in [0.05, 0.1) is 23.7 Å². The zero-order valence-corrected chi connectivity index (χ0v) is 17.4. The Bertz CT molecular complexity index is 1080. The predicted molar refractivity (Wildman–Crippen MR) is 109 cm³/mol. The van der Waals surface area contributed by atoms with Crippen LogP contribution in [0, 0.1) is 5.41 Å². The molecule has 6 nitrogen and oxygen atoms in total. The molecule has 11 heteroatoms. The number of hydrogen-bond acceptors (Lipinski definition) is 7. The normalized spacial score (nSPS) is 19.0. The van der Waals surface area contributed by atoms with E-state index in [1.165, 1.54) is 12.5 Å². The molecule has 0 saturated carbocycles. The van der Waals surface area contributed by atoms with Gasteiger partial charge in [-0.3, -0.25) is 9.88 Å². The highest BCUT2D eigenvalue weighted by molar-refractivity contribution is 7.18. The first kappa shape index (κ1) is 19.9. The molecule has 1 spiro atoms. The van der Waals surface area contributed by atoms with Crippen molar-refractivity contribution < 1.29 is 13.2 Å². The third kappa shape index (κ3) is 3.95. The summed E-state index contributed by atoms with van der Waals surface area (Å²) in [6, 6.07) is 1.60. The number of hydrogen-bond donors (Lipinski definition) is 0. The summed E-state index contributed by atoms with van der Waals surface area (Å²) in [5.74, 6) is 0.737. The second-order valence-electron chi connectivity index (χ2n) is 8.07. The van der Waals surface area contributed by atoms with Crippen molar-refractivity contribution >= 4 is 39.0 Å². The summed E-state index contributed by atoms with van der Waals surface area (Å²) in [5.41, 5.74) is 1.02. The monoisotopic (exact) mass is 454 g/mol. The molecule has 0 aliphatic carbocycles. The van der Waals surface area contributed by atoms with Gasteiger partial charge in [0.1, 0.15) is 22.1 Å². The Morgan fingerprint density at radius 2 is 2.00 bits per heavy atom. The number of aromatic nitrogens is 4. The maximum Gasteiger partial charge on any atom is 0.393 e. The van der Waals surface area contributed by atoms with E-state index in [1.54, 1.807) is 12.3 Å². The maximum absolute atomic E-state index is 12.8. The van der Waals surface area contributed by atoms with Crippen molar-refractivity contribution in [3.05, 3.63) is 40.5 Å². The Morgan fingerprint density at radius 1 is 1.17 bits per heavy atom. The third-order valence-corrected chi connectivity index (χ3v) is 6.86. The van der Waals surface area contributed by atoms with Crippen LogP contribution >= 0.6 is 22.9 Å². The topological polar surface area (TPSA) is 58.0 Å². The molecule has 0 aromatic carbocycles. The van der Waals surface area contributed by atoms with Crippen molar-refractivity contribution in [2.75, 3.05) is 31.1 Å². The molecule has 5 rings (SSSR count). The summed E-state index contributed by atoms with van der Waals surface area (Å²) < 4.78 is 38.3. The van der Waals surface area contributed by atoms with Gasteiger partial charge in [-0.1, -0.05) is 11.6 Å². The van der Waals surface area contributed by atoms with Crippen molar-refractivity contribution in [2.24, 2.45) is 5.41 Å². The fraction of sp³-hybridized carbons (Fsp3) is 0.474. The van der Waals surface area contributed by atoms with Gasteiger partial charge in [0, 0.05) is 49.2 Å². The van der Waals surface area contributed by atoms with E-state index in [0.29, 0.717) is 21.9 Å². The summed E-state index contributed by atoms with van der Waals surface area (Å²) in [6.45, 7) is 4.25. The van der Waals surface area contributed by atoms with Gasteiger partial charge < -0.3 is 4.90 Å². The number of halogens is 4. The number of nitrogens with zero attached hydrogens (tertiary/aromatic N) is 6. The van der Waals surface area contributed by atoms with Crippen molar-refractivity contribution in [1.82, 2.24) is 24.8 Å². The zero-order chi connectivity index (χ0) is 20.9. The quantitative estimate of drug-likeness (QED) is 0.595. The van der Waals surface area contributed by atoms with Gasteiger partial charge >= 0.3 is 6.18 Å². The Hall–Kier alpha value is -2.04. The Kier molecular flexibility index (Phi) is 4.83. The smallest absolute Gasteiger partial charge is 0.355 e. The van der Waals surface area contributed by atoms with Crippen LogP contribution in [0.4, 0.5) is 19.0 Å². The van der Waals surface area contributed by atoms with E-state index in [9.17, 15) is 13.2 Å². The van der Waals surface area contributed by atoms with Crippen LogP contribution < -0.4 is 4.90 Å². The van der Waals surface area contributed by atoms with Crippen LogP contribution in [0.25, 0.3) is 10.2 Å². The van der Waals surface area contributed by atoms with Crippen molar-refractivity contribution in [3.8, 4) is 0 Å². The van der Waals surface area contributed by atoms with Crippen LogP contribution in [-0.4, -0.2) is 57.2 Å². The lowest BCUT2D eigenvalue weighted by Crippen LogP contribution is -2.57. The largest absolute Gasteiger partial charge is 0.393 e. The summed E-state index contributed by atoms with van der Waals surface area (Å²) in [6.07, 6.45) is 0.555. The number of likely N-dealkylation sites (tertiary alicyclic amines) is 1. The van der Waals surface area contributed by atoms with E-state index in [0.717, 1.165) is 55.4 Å². The molecule has 3 aromatic heterocycles. The molecule has 5 heterocycles. The van der Waals surface area contributed by atoms with Gasteiger partial charge in [0.15, 0.2) is 0 Å². The average Bonchev–Trinajstić information content (AvgIpc) is 3.23. The molecule has 0 radical (unpaired) electrons. The molecular formula is C19H18ClF3N6S. The van der Waals surface area contributed by atoms with Gasteiger partial charge in [-0.15, -0.1) is 11.3 Å². The van der Waals surface area contributed by atoms with Crippen LogP contribution in [0.1, 0.15) is 17.0 Å². The molecule has 0 amide bonds. The molecule has 0 atom stereocenters. The molecule has 158 valence electrons. The first-order chi connectivity index (χ1) is 14.3. The second kappa shape index (κ2) is 7.28. The van der Waals surface area contributed by atoms with Gasteiger partial charge in [0.2, 0.25) is 0 Å². The lowest BCUT2D eigenvalue weighted by Gasteiger charge is -2.48. The molecule has 2 aliphatic rings. The molecule has 2 saturated heterocycles. The Labute approximate surface area is 179 Å². The van der Waals surface area contributed by atoms with Gasteiger partial charge in [-0.05, 0) is 12.5 Å². The number of rotatable bonds is 4. The fourth-order valence-electron chi connectivity index (χ4n) is 4.50. The van der Waals surface area contributed by atoms with Crippen molar-refractivity contribution in [2.45, 2.75) is 25.6 Å². The van der Waals surface area contributed by atoms with Crippen LogP contribution in [0.2, 0.25) is 5.15 Å². The third-order valence-electron chi connectivity index (χ3n) is 5.63.